The highest BCUT2D eigenvalue weighted by molar-refractivity contribution is 9.10. The first-order valence-electron chi connectivity index (χ1n) is 6.23. The Labute approximate surface area is 125 Å². The van der Waals surface area contributed by atoms with E-state index < -0.39 is 17.5 Å². The number of hydrogen-bond donors (Lipinski definition) is 2. The zero-order valence-electron chi connectivity index (χ0n) is 10.7. The van der Waals surface area contributed by atoms with Gasteiger partial charge in [-0.3, -0.25) is 5.84 Å². The predicted molar refractivity (Wildman–Crippen MR) is 77.4 cm³/mol. The van der Waals surface area contributed by atoms with Gasteiger partial charge in [-0.25, -0.2) is 9.82 Å². The lowest BCUT2D eigenvalue weighted by atomic mass is 9.84. The highest BCUT2D eigenvalue weighted by Gasteiger charge is 2.39. The molecule has 1 fully saturated rings. The smallest absolute Gasteiger partial charge is 0.147 e. The van der Waals surface area contributed by atoms with Gasteiger partial charge in [-0.2, -0.15) is 0 Å². The Bertz CT molecular complexity index is 466. The average Bonchev–Trinajstić information content (AvgIpc) is 2.40. The lowest BCUT2D eigenvalue weighted by Gasteiger charge is -2.40. The van der Waals surface area contributed by atoms with Crippen molar-refractivity contribution in [3.8, 4) is 0 Å². The van der Waals surface area contributed by atoms with E-state index in [9.17, 15) is 4.39 Å². The number of nitrogens with two attached hydrogens (primary N) is 1. The first-order chi connectivity index (χ1) is 8.99. The van der Waals surface area contributed by atoms with Gasteiger partial charge in [0, 0.05) is 16.6 Å². The van der Waals surface area contributed by atoms with Crippen LogP contribution < -0.4 is 11.3 Å². The van der Waals surface area contributed by atoms with Gasteiger partial charge in [0.15, 0.2) is 0 Å². The van der Waals surface area contributed by atoms with Gasteiger partial charge in [0.05, 0.1) is 16.7 Å². The van der Waals surface area contributed by atoms with E-state index in [1.165, 1.54) is 0 Å². The van der Waals surface area contributed by atoms with Crippen LogP contribution in [0.4, 0.5) is 4.39 Å². The van der Waals surface area contributed by atoms with Crippen molar-refractivity contribution in [3.05, 3.63) is 33.0 Å². The molecule has 0 spiro atoms. The van der Waals surface area contributed by atoms with Crippen LogP contribution in [0.1, 0.15) is 37.8 Å². The van der Waals surface area contributed by atoms with E-state index in [-0.39, 0.29) is 5.02 Å². The van der Waals surface area contributed by atoms with E-state index in [1.54, 1.807) is 12.1 Å². The van der Waals surface area contributed by atoms with Gasteiger partial charge in [-0.15, -0.1) is 0 Å². The third-order valence-corrected chi connectivity index (χ3v) is 4.91. The third kappa shape index (κ3) is 2.95. The summed E-state index contributed by atoms with van der Waals surface area (Å²) in [6.07, 6.45) is 2.89. The number of hydrazine groups is 1. The van der Waals surface area contributed by atoms with E-state index in [1.807, 2.05) is 6.92 Å². The van der Waals surface area contributed by atoms with E-state index in [0.717, 1.165) is 19.3 Å². The summed E-state index contributed by atoms with van der Waals surface area (Å²) in [4.78, 5) is 0. The fourth-order valence-electron chi connectivity index (χ4n) is 2.54. The lowest BCUT2D eigenvalue weighted by Crippen LogP contribution is -2.48. The molecule has 0 radical (unpaired) electrons. The van der Waals surface area contributed by atoms with Crippen molar-refractivity contribution < 1.29 is 9.13 Å². The molecule has 1 saturated heterocycles. The molecule has 1 heterocycles. The summed E-state index contributed by atoms with van der Waals surface area (Å²) in [5.41, 5.74) is 2.58. The number of rotatable bonds is 3. The fourth-order valence-corrected chi connectivity index (χ4v) is 3.02. The number of benzene rings is 1. The van der Waals surface area contributed by atoms with Crippen LogP contribution in [0.15, 0.2) is 16.6 Å². The Morgan fingerprint density at radius 1 is 1.53 bits per heavy atom. The van der Waals surface area contributed by atoms with E-state index in [4.69, 9.17) is 22.2 Å². The number of hydrogen-bond acceptors (Lipinski definition) is 3. The van der Waals surface area contributed by atoms with Crippen LogP contribution in [0.2, 0.25) is 5.02 Å². The molecular weight excluding hydrogens is 335 g/mol. The molecule has 1 aromatic carbocycles. The largest absolute Gasteiger partial charge is 0.373 e. The molecule has 19 heavy (non-hydrogen) atoms. The summed E-state index contributed by atoms with van der Waals surface area (Å²) in [5, 5.41) is 0.0668. The lowest BCUT2D eigenvalue weighted by molar-refractivity contribution is -0.0904. The van der Waals surface area contributed by atoms with Gasteiger partial charge in [-0.1, -0.05) is 17.7 Å². The van der Waals surface area contributed by atoms with Crippen LogP contribution in [-0.4, -0.2) is 12.2 Å². The Morgan fingerprint density at radius 2 is 2.26 bits per heavy atom. The summed E-state index contributed by atoms with van der Waals surface area (Å²) in [6, 6.07) is 2.97. The molecule has 1 aromatic rings. The molecule has 0 amide bonds. The first kappa shape index (κ1) is 15.2. The van der Waals surface area contributed by atoms with Gasteiger partial charge < -0.3 is 4.74 Å². The normalized spacial score (nSPS) is 25.3. The van der Waals surface area contributed by atoms with Crippen molar-refractivity contribution in [2.24, 2.45) is 5.84 Å². The van der Waals surface area contributed by atoms with Crippen LogP contribution in [0.3, 0.4) is 0 Å². The molecule has 3 nitrogen and oxygen atoms in total. The molecule has 1 aliphatic rings. The quantitative estimate of drug-likeness (QED) is 0.496. The second-order valence-corrected chi connectivity index (χ2v) is 6.21. The molecule has 0 aliphatic carbocycles. The maximum Gasteiger partial charge on any atom is 0.147 e. The van der Waals surface area contributed by atoms with E-state index >= 15 is 0 Å². The van der Waals surface area contributed by atoms with Crippen molar-refractivity contribution in [3.63, 3.8) is 0 Å². The molecule has 2 atom stereocenters. The minimum atomic E-state index is -0.523. The van der Waals surface area contributed by atoms with Crippen molar-refractivity contribution in [1.82, 2.24) is 5.43 Å². The molecule has 0 aromatic heterocycles. The van der Waals surface area contributed by atoms with Gasteiger partial charge in [-0.05, 0) is 48.2 Å². The third-order valence-electron chi connectivity index (χ3n) is 3.65. The topological polar surface area (TPSA) is 47.3 Å². The number of nitrogens with one attached hydrogen (secondary N) is 1. The SMILES string of the molecule is CC1(C(NN)c2ccc(Br)c(Cl)c2F)CCCCO1. The average molecular weight is 352 g/mol. The standard InChI is InChI=1S/C13H17BrClFN2O/c1-13(6-2-3-7-19-13)12(18-17)8-4-5-9(14)10(15)11(8)16/h4-5,12,18H,2-3,6-7,17H2,1H3. The highest BCUT2D eigenvalue weighted by Crippen LogP contribution is 2.39. The van der Waals surface area contributed by atoms with Crippen LogP contribution >= 0.6 is 27.5 Å². The molecule has 2 unspecified atom stereocenters. The Balaban J connectivity index is 2.39. The summed E-state index contributed by atoms with van der Waals surface area (Å²) < 4.78 is 20.7. The van der Waals surface area contributed by atoms with Crippen molar-refractivity contribution in [2.75, 3.05) is 6.61 Å². The minimum Gasteiger partial charge on any atom is -0.373 e. The zero-order valence-corrected chi connectivity index (χ0v) is 13.0. The van der Waals surface area contributed by atoms with E-state index in [2.05, 4.69) is 21.4 Å². The molecule has 2 rings (SSSR count). The van der Waals surface area contributed by atoms with Crippen molar-refractivity contribution in [2.45, 2.75) is 37.8 Å². The van der Waals surface area contributed by atoms with Crippen molar-refractivity contribution in [1.29, 1.82) is 0 Å². The van der Waals surface area contributed by atoms with E-state index in [0.29, 0.717) is 16.6 Å². The summed E-state index contributed by atoms with van der Waals surface area (Å²) in [7, 11) is 0. The minimum absolute atomic E-state index is 0.0668. The van der Waals surface area contributed by atoms with Crippen LogP contribution in [0.5, 0.6) is 0 Å². The molecular formula is C13H17BrClFN2O. The molecule has 106 valence electrons. The molecule has 0 bridgehead atoms. The van der Waals surface area contributed by atoms with Gasteiger partial charge in [0.25, 0.3) is 0 Å². The summed E-state index contributed by atoms with van der Waals surface area (Å²) in [5.74, 6) is 5.16. The summed E-state index contributed by atoms with van der Waals surface area (Å²) >= 11 is 9.14. The highest BCUT2D eigenvalue weighted by atomic mass is 79.9. The Hall–Kier alpha value is -0.200. The van der Waals surface area contributed by atoms with Crippen LogP contribution in [0, 0.1) is 5.82 Å². The second-order valence-electron chi connectivity index (χ2n) is 4.98. The molecule has 3 N–H and O–H groups in total. The van der Waals surface area contributed by atoms with Gasteiger partial charge in [0.1, 0.15) is 5.82 Å². The number of halogens is 3. The molecule has 0 saturated carbocycles. The van der Waals surface area contributed by atoms with Gasteiger partial charge >= 0.3 is 0 Å². The Morgan fingerprint density at radius 3 is 2.84 bits per heavy atom. The molecule has 6 heteroatoms. The summed E-state index contributed by atoms with van der Waals surface area (Å²) in [6.45, 7) is 2.62. The maximum absolute atomic E-state index is 14.3. The van der Waals surface area contributed by atoms with Crippen LogP contribution in [-0.2, 0) is 4.74 Å². The predicted octanol–water partition coefficient (Wildman–Crippen LogP) is 3.71. The monoisotopic (exact) mass is 350 g/mol. The van der Waals surface area contributed by atoms with Gasteiger partial charge in [0.2, 0.25) is 0 Å². The van der Waals surface area contributed by atoms with Crippen LogP contribution in [0.25, 0.3) is 0 Å². The second kappa shape index (κ2) is 6.06. The van der Waals surface area contributed by atoms with Crippen molar-refractivity contribution >= 4 is 27.5 Å². The first-order valence-corrected chi connectivity index (χ1v) is 7.40. The zero-order chi connectivity index (χ0) is 14.0. The Kier molecular flexibility index (Phi) is 4.84. The maximum atomic E-state index is 14.3. The number of ether oxygens (including phenoxy) is 1. The fraction of sp³-hybridized carbons (Fsp3) is 0.538. The molecule has 1 aliphatic heterocycles.